The van der Waals surface area contributed by atoms with Gasteiger partial charge in [-0.05, 0) is 89.9 Å². The van der Waals surface area contributed by atoms with Crippen LogP contribution in [0.3, 0.4) is 0 Å². The first-order valence-electron chi connectivity index (χ1n) is 31.2. The highest BCUT2D eigenvalue weighted by molar-refractivity contribution is 5.80. The third-order valence-electron chi connectivity index (χ3n) is 14.0. The molecule has 0 aromatic heterocycles. The molecule has 8 atom stereocenters. The number of nitrogens with one attached hydrogen (secondary N) is 1. The number of aliphatic hydroxyl groups excluding tert-OH is 5. The van der Waals surface area contributed by atoms with Crippen LogP contribution in [0.25, 0.3) is 0 Å². The van der Waals surface area contributed by atoms with Crippen LogP contribution >= 0.6 is 0 Å². The number of amides is 1. The van der Waals surface area contributed by atoms with Gasteiger partial charge in [-0.15, -0.1) is 0 Å². The minimum atomic E-state index is -1.63. The number of allylic oxidation sites excluding steroid dienone is 17. The van der Waals surface area contributed by atoms with Crippen LogP contribution in [0.4, 0.5) is 0 Å². The summed E-state index contributed by atoms with van der Waals surface area (Å²) >= 11 is 0. The zero-order valence-electron chi connectivity index (χ0n) is 49.2. The maximum absolute atomic E-state index is 13.4. The molecule has 1 heterocycles. The minimum Gasteiger partial charge on any atom is -0.454 e. The molecule has 1 fully saturated rings. The second-order valence-corrected chi connectivity index (χ2v) is 21.1. The van der Waals surface area contributed by atoms with Crippen LogP contribution in [0.1, 0.15) is 239 Å². The van der Waals surface area contributed by atoms with E-state index in [1.807, 2.05) is 30.4 Å². The molecule has 1 amide bonds. The van der Waals surface area contributed by atoms with Gasteiger partial charge in [-0.2, -0.15) is 0 Å². The maximum Gasteiger partial charge on any atom is 0.306 e. The van der Waals surface area contributed by atoms with Crippen LogP contribution in [0.2, 0.25) is 0 Å². The molecule has 0 aromatic carbocycles. The van der Waals surface area contributed by atoms with Gasteiger partial charge in [-0.25, -0.2) is 0 Å². The first-order valence-corrected chi connectivity index (χ1v) is 31.2. The third-order valence-corrected chi connectivity index (χ3v) is 14.0. The number of hydrogen-bond acceptors (Lipinski definition) is 10. The van der Waals surface area contributed by atoms with Crippen LogP contribution in [0.15, 0.2) is 109 Å². The van der Waals surface area contributed by atoms with Gasteiger partial charge in [0.1, 0.15) is 24.4 Å². The molecule has 78 heavy (non-hydrogen) atoms. The molecule has 0 radical (unpaired) electrons. The van der Waals surface area contributed by atoms with Gasteiger partial charge in [0.05, 0.1) is 25.4 Å². The molecule has 0 spiro atoms. The van der Waals surface area contributed by atoms with Crippen LogP contribution in [-0.4, -0.2) is 99.6 Å². The summed E-state index contributed by atoms with van der Waals surface area (Å²) in [4.78, 5) is 26.5. The van der Waals surface area contributed by atoms with Crippen LogP contribution < -0.4 is 5.32 Å². The lowest BCUT2D eigenvalue weighted by molar-refractivity contribution is -0.305. The zero-order chi connectivity index (χ0) is 56.8. The molecule has 446 valence electrons. The Morgan fingerprint density at radius 2 is 0.987 bits per heavy atom. The number of carbonyl (C=O) groups is 2. The standard InChI is InChI=1S/C67H113NO10/c1-4-7-10-13-16-19-22-25-26-27-28-29-30-31-32-33-34-35-36-37-40-43-46-49-52-55-62(72)78-65-64(74)63(73)61(56-69)77-67(65)76-57-58(59(70)53-50-47-44-41-38-23-20-17-14-11-8-5-2)68-66(75)60(71)54-51-48-45-42-39-24-21-18-15-12-9-6-3/h7,9-10,12,15-16,18-19,21,24-26,28-29,31-32,50,53,58-61,63-65,67,69-71,73-74H,4-6,8,11,13-14,17,20,22-23,27,30,33-49,51-52,54-57H2,1-3H3,(H,68,75)/b10-7-,12-9+,18-15+,19-16-,24-21-,26-25-,29-28-,32-31-,53-50+. The lowest BCUT2D eigenvalue weighted by Gasteiger charge is -2.41. The first kappa shape index (κ1) is 72.3. The Morgan fingerprint density at radius 1 is 0.526 bits per heavy atom. The highest BCUT2D eigenvalue weighted by atomic mass is 16.7. The van der Waals surface area contributed by atoms with Gasteiger partial charge in [0.2, 0.25) is 5.91 Å². The largest absolute Gasteiger partial charge is 0.454 e. The summed E-state index contributed by atoms with van der Waals surface area (Å²) in [5.41, 5.74) is 0. The molecule has 0 aromatic rings. The fourth-order valence-corrected chi connectivity index (χ4v) is 9.09. The average molecular weight is 1090 g/mol. The van der Waals surface area contributed by atoms with E-state index in [4.69, 9.17) is 14.2 Å². The van der Waals surface area contributed by atoms with Crippen molar-refractivity contribution < 1.29 is 49.3 Å². The molecule has 1 rings (SSSR count). The van der Waals surface area contributed by atoms with Crippen molar-refractivity contribution in [2.24, 2.45) is 0 Å². The van der Waals surface area contributed by atoms with Crippen LogP contribution in [0.5, 0.6) is 0 Å². The van der Waals surface area contributed by atoms with Gasteiger partial charge < -0.3 is 45.1 Å². The minimum absolute atomic E-state index is 0.107. The van der Waals surface area contributed by atoms with E-state index in [0.29, 0.717) is 12.8 Å². The number of carbonyl (C=O) groups excluding carboxylic acids is 2. The molecule has 11 nitrogen and oxygen atoms in total. The Hall–Kier alpha value is -3.68. The SMILES string of the molecule is CC/C=C\C/C=C\C/C=C\C/C=C\C/C=C\CCCCCCCCCCCC(=O)OC1C(OCC(NC(=O)C(O)CCCCCC\C=C/C=C/C=C/CC)C(O)/C=C/CCCCCCCCCCCC)OC(CO)C(O)C1O. The number of esters is 1. The first-order chi connectivity index (χ1) is 38.2. The maximum atomic E-state index is 13.4. The van der Waals surface area contributed by atoms with Crippen molar-refractivity contribution in [3.05, 3.63) is 109 Å². The van der Waals surface area contributed by atoms with Crippen LogP contribution in [0, 0.1) is 0 Å². The van der Waals surface area contributed by atoms with Crippen molar-refractivity contribution in [3.63, 3.8) is 0 Å². The second-order valence-electron chi connectivity index (χ2n) is 21.1. The Morgan fingerprint density at radius 3 is 1.53 bits per heavy atom. The summed E-state index contributed by atoms with van der Waals surface area (Å²) in [5.74, 6) is -1.23. The number of rotatable bonds is 51. The summed E-state index contributed by atoms with van der Waals surface area (Å²) in [5, 5.41) is 56.9. The molecule has 6 N–H and O–H groups in total. The van der Waals surface area contributed by atoms with E-state index in [-0.39, 0.29) is 19.4 Å². The van der Waals surface area contributed by atoms with E-state index in [1.54, 1.807) is 6.08 Å². The summed E-state index contributed by atoms with van der Waals surface area (Å²) in [7, 11) is 0. The molecule has 0 saturated carbocycles. The van der Waals surface area contributed by atoms with E-state index in [0.717, 1.165) is 122 Å². The monoisotopic (exact) mass is 1090 g/mol. The lowest BCUT2D eigenvalue weighted by atomic mass is 9.99. The topological polar surface area (TPSA) is 175 Å². The van der Waals surface area contributed by atoms with Gasteiger partial charge in [-0.1, -0.05) is 252 Å². The van der Waals surface area contributed by atoms with E-state index in [2.05, 4.69) is 99.0 Å². The van der Waals surface area contributed by atoms with E-state index < -0.39 is 67.4 Å². The second kappa shape index (κ2) is 53.9. The number of unbranched alkanes of at least 4 members (excludes halogenated alkanes) is 23. The number of ether oxygens (including phenoxy) is 3. The average Bonchev–Trinajstić information content (AvgIpc) is 3.44. The molecule has 0 bridgehead atoms. The van der Waals surface area contributed by atoms with Gasteiger partial charge >= 0.3 is 5.97 Å². The Kier molecular flexibility index (Phi) is 50.0. The highest BCUT2D eigenvalue weighted by Crippen LogP contribution is 2.26. The normalized spacial score (nSPS) is 19.7. The Bertz CT molecular complexity index is 1680. The zero-order valence-corrected chi connectivity index (χ0v) is 49.2. The molecule has 11 heteroatoms. The lowest BCUT2D eigenvalue weighted by Crippen LogP contribution is -2.61. The molecule has 1 aliphatic rings. The molecule has 8 unspecified atom stereocenters. The number of aliphatic hydroxyl groups is 5. The smallest absolute Gasteiger partial charge is 0.306 e. The summed E-state index contributed by atoms with van der Waals surface area (Å²) < 4.78 is 17.6. The molecule has 1 aliphatic heterocycles. The third kappa shape index (κ3) is 41.3. The molecular formula is C67H113NO10. The van der Waals surface area contributed by atoms with Crippen molar-refractivity contribution in [3.8, 4) is 0 Å². The van der Waals surface area contributed by atoms with Crippen LogP contribution in [-0.2, 0) is 23.8 Å². The molecular weight excluding hydrogens is 979 g/mol. The fraction of sp³-hybridized carbons (Fsp3) is 0.701. The Balaban J connectivity index is 2.62. The van der Waals surface area contributed by atoms with Crippen molar-refractivity contribution in [2.45, 2.75) is 288 Å². The van der Waals surface area contributed by atoms with Gasteiger partial charge in [-0.3, -0.25) is 9.59 Å². The summed E-state index contributed by atoms with van der Waals surface area (Å²) in [6, 6.07) is -1.04. The predicted octanol–water partition coefficient (Wildman–Crippen LogP) is 14.9. The van der Waals surface area contributed by atoms with Gasteiger partial charge in [0.25, 0.3) is 0 Å². The quantitative estimate of drug-likeness (QED) is 0.0149. The van der Waals surface area contributed by atoms with E-state index in [9.17, 15) is 35.1 Å². The summed E-state index contributed by atoms with van der Waals surface area (Å²) in [6.07, 6.45) is 62.8. The van der Waals surface area contributed by atoms with Crippen molar-refractivity contribution in [1.29, 1.82) is 0 Å². The number of hydrogen-bond donors (Lipinski definition) is 6. The van der Waals surface area contributed by atoms with Crippen molar-refractivity contribution >= 4 is 11.9 Å². The van der Waals surface area contributed by atoms with Gasteiger partial charge in [0.15, 0.2) is 12.4 Å². The summed E-state index contributed by atoms with van der Waals surface area (Å²) in [6.45, 7) is 5.51. The van der Waals surface area contributed by atoms with E-state index in [1.165, 1.54) is 70.6 Å². The Labute approximate surface area is 475 Å². The highest BCUT2D eigenvalue weighted by Gasteiger charge is 2.47. The van der Waals surface area contributed by atoms with Crippen molar-refractivity contribution in [1.82, 2.24) is 5.32 Å². The fourth-order valence-electron chi connectivity index (χ4n) is 9.09. The van der Waals surface area contributed by atoms with Gasteiger partial charge in [0, 0.05) is 6.42 Å². The molecule has 0 aliphatic carbocycles. The predicted molar refractivity (Wildman–Crippen MR) is 324 cm³/mol. The molecule has 1 saturated heterocycles. The van der Waals surface area contributed by atoms with Crippen molar-refractivity contribution in [2.75, 3.05) is 13.2 Å². The van der Waals surface area contributed by atoms with E-state index >= 15 is 0 Å².